The number of aromatic nitrogens is 2. The van der Waals surface area contributed by atoms with E-state index in [-0.39, 0.29) is 5.41 Å². The molecule has 4 heteroatoms. The number of hydrogen-bond donors (Lipinski definition) is 1. The monoisotopic (exact) mass is 285 g/mol. The van der Waals surface area contributed by atoms with Gasteiger partial charge in [0.2, 0.25) is 0 Å². The lowest BCUT2D eigenvalue weighted by molar-refractivity contribution is 0.341. The summed E-state index contributed by atoms with van der Waals surface area (Å²) in [6.45, 7) is 9.03. The van der Waals surface area contributed by atoms with Crippen molar-refractivity contribution in [2.75, 3.05) is 19.0 Å². The summed E-state index contributed by atoms with van der Waals surface area (Å²) < 4.78 is 5.69. The van der Waals surface area contributed by atoms with E-state index < -0.39 is 0 Å². The molecule has 2 aromatic rings. The van der Waals surface area contributed by atoms with Crippen LogP contribution in [0.25, 0.3) is 11.4 Å². The molecular formula is C17H23N3O. The maximum absolute atomic E-state index is 5.69. The number of nitrogens with one attached hydrogen (secondary N) is 1. The van der Waals surface area contributed by atoms with Gasteiger partial charge in [-0.25, -0.2) is 9.97 Å². The van der Waals surface area contributed by atoms with Gasteiger partial charge in [-0.1, -0.05) is 32.9 Å². The smallest absolute Gasteiger partial charge is 0.165 e. The van der Waals surface area contributed by atoms with E-state index >= 15 is 0 Å². The van der Waals surface area contributed by atoms with Crippen LogP contribution in [0.5, 0.6) is 5.75 Å². The van der Waals surface area contributed by atoms with E-state index in [0.717, 1.165) is 22.8 Å². The standard InChI is InChI=1S/C17H23N3O/c1-6-21-13-10-8-7-9-12(13)16-19-14(17(2,3)4)11-15(18-5)20-16/h7-11H,6H2,1-5H3,(H,18,19,20). The third-order valence-electron chi connectivity index (χ3n) is 3.18. The predicted molar refractivity (Wildman–Crippen MR) is 86.9 cm³/mol. The SMILES string of the molecule is CCOc1ccccc1-c1nc(NC)cc(C(C)(C)C)n1. The highest BCUT2D eigenvalue weighted by molar-refractivity contribution is 5.65. The van der Waals surface area contributed by atoms with E-state index in [1.165, 1.54) is 0 Å². The first-order chi connectivity index (χ1) is 9.95. The summed E-state index contributed by atoms with van der Waals surface area (Å²) in [5.74, 6) is 2.32. The van der Waals surface area contributed by atoms with Crippen molar-refractivity contribution in [2.45, 2.75) is 33.1 Å². The molecule has 0 aliphatic carbocycles. The molecule has 0 radical (unpaired) electrons. The molecule has 0 bridgehead atoms. The summed E-state index contributed by atoms with van der Waals surface area (Å²) in [7, 11) is 1.87. The van der Waals surface area contributed by atoms with E-state index in [4.69, 9.17) is 9.72 Å². The molecule has 0 atom stereocenters. The maximum atomic E-state index is 5.69. The molecule has 0 fully saturated rings. The predicted octanol–water partition coefficient (Wildman–Crippen LogP) is 3.88. The minimum Gasteiger partial charge on any atom is -0.493 e. The van der Waals surface area contributed by atoms with Crippen molar-refractivity contribution in [3.05, 3.63) is 36.0 Å². The van der Waals surface area contributed by atoms with E-state index in [1.807, 2.05) is 44.3 Å². The number of para-hydroxylation sites is 1. The molecule has 0 aliphatic rings. The van der Waals surface area contributed by atoms with Gasteiger partial charge in [-0.05, 0) is 19.1 Å². The van der Waals surface area contributed by atoms with Crippen molar-refractivity contribution in [3.63, 3.8) is 0 Å². The lowest BCUT2D eigenvalue weighted by atomic mass is 9.91. The van der Waals surface area contributed by atoms with Crippen molar-refractivity contribution in [1.82, 2.24) is 9.97 Å². The summed E-state index contributed by atoms with van der Waals surface area (Å²) in [6, 6.07) is 9.87. The van der Waals surface area contributed by atoms with Crippen molar-refractivity contribution >= 4 is 5.82 Å². The average Bonchev–Trinajstić information content (AvgIpc) is 2.47. The van der Waals surface area contributed by atoms with Gasteiger partial charge in [0.25, 0.3) is 0 Å². The highest BCUT2D eigenvalue weighted by atomic mass is 16.5. The van der Waals surface area contributed by atoms with Crippen LogP contribution < -0.4 is 10.1 Å². The summed E-state index contributed by atoms with van der Waals surface area (Å²) in [4.78, 5) is 9.31. The Morgan fingerprint density at radius 1 is 1.14 bits per heavy atom. The van der Waals surface area contributed by atoms with Crippen LogP contribution >= 0.6 is 0 Å². The van der Waals surface area contributed by atoms with Gasteiger partial charge in [-0.3, -0.25) is 0 Å². The number of nitrogens with zero attached hydrogens (tertiary/aromatic N) is 2. The van der Waals surface area contributed by atoms with Gasteiger partial charge in [-0.15, -0.1) is 0 Å². The third-order valence-corrected chi connectivity index (χ3v) is 3.18. The Bertz CT molecular complexity index is 618. The third kappa shape index (κ3) is 3.51. The topological polar surface area (TPSA) is 47.0 Å². The first-order valence-electron chi connectivity index (χ1n) is 7.25. The van der Waals surface area contributed by atoms with Crippen LogP contribution in [0.4, 0.5) is 5.82 Å². The van der Waals surface area contributed by atoms with E-state index in [2.05, 4.69) is 31.1 Å². The molecule has 1 N–H and O–H groups in total. The van der Waals surface area contributed by atoms with Crippen LogP contribution in [0.15, 0.2) is 30.3 Å². The summed E-state index contributed by atoms with van der Waals surface area (Å²) in [5.41, 5.74) is 1.88. The Morgan fingerprint density at radius 3 is 2.48 bits per heavy atom. The fourth-order valence-electron chi connectivity index (χ4n) is 2.01. The average molecular weight is 285 g/mol. The van der Waals surface area contributed by atoms with Crippen molar-refractivity contribution < 1.29 is 4.74 Å². The molecule has 0 saturated heterocycles. The lowest BCUT2D eigenvalue weighted by Crippen LogP contribution is -2.15. The van der Waals surface area contributed by atoms with Gasteiger partial charge in [0.15, 0.2) is 5.82 Å². The van der Waals surface area contributed by atoms with E-state index in [9.17, 15) is 0 Å². The Balaban J connectivity index is 2.58. The second kappa shape index (κ2) is 6.12. The molecule has 21 heavy (non-hydrogen) atoms. The molecule has 1 aromatic carbocycles. The van der Waals surface area contributed by atoms with E-state index in [0.29, 0.717) is 12.4 Å². The van der Waals surface area contributed by atoms with Gasteiger partial charge in [-0.2, -0.15) is 0 Å². The van der Waals surface area contributed by atoms with Crippen LogP contribution in [0.2, 0.25) is 0 Å². The zero-order valence-corrected chi connectivity index (χ0v) is 13.4. The first-order valence-corrected chi connectivity index (χ1v) is 7.25. The molecule has 0 saturated carbocycles. The Labute approximate surface area is 126 Å². The fourth-order valence-corrected chi connectivity index (χ4v) is 2.01. The quantitative estimate of drug-likeness (QED) is 0.926. The summed E-state index contributed by atoms with van der Waals surface area (Å²) >= 11 is 0. The zero-order valence-electron chi connectivity index (χ0n) is 13.4. The van der Waals surface area contributed by atoms with E-state index in [1.54, 1.807) is 0 Å². The van der Waals surface area contributed by atoms with Gasteiger partial charge >= 0.3 is 0 Å². The number of benzene rings is 1. The summed E-state index contributed by atoms with van der Waals surface area (Å²) in [5, 5.41) is 3.11. The second-order valence-corrected chi connectivity index (χ2v) is 5.89. The molecule has 0 spiro atoms. The highest BCUT2D eigenvalue weighted by Gasteiger charge is 2.19. The Morgan fingerprint density at radius 2 is 1.86 bits per heavy atom. The van der Waals surface area contributed by atoms with Crippen molar-refractivity contribution in [1.29, 1.82) is 0 Å². The van der Waals surface area contributed by atoms with Crippen LogP contribution in [0.3, 0.4) is 0 Å². The Kier molecular flexibility index (Phi) is 4.46. The molecule has 0 amide bonds. The fraction of sp³-hybridized carbons (Fsp3) is 0.412. The maximum Gasteiger partial charge on any atom is 0.165 e. The van der Waals surface area contributed by atoms with Gasteiger partial charge < -0.3 is 10.1 Å². The van der Waals surface area contributed by atoms with Crippen molar-refractivity contribution in [3.8, 4) is 17.1 Å². The number of ether oxygens (including phenoxy) is 1. The highest BCUT2D eigenvalue weighted by Crippen LogP contribution is 2.30. The normalized spacial score (nSPS) is 11.3. The number of anilines is 1. The number of rotatable bonds is 4. The molecule has 1 aromatic heterocycles. The minimum absolute atomic E-state index is 0.0379. The van der Waals surface area contributed by atoms with Crippen molar-refractivity contribution in [2.24, 2.45) is 0 Å². The lowest BCUT2D eigenvalue weighted by Gasteiger charge is -2.20. The molecule has 112 valence electrons. The molecule has 1 heterocycles. The zero-order chi connectivity index (χ0) is 15.5. The molecule has 0 aliphatic heterocycles. The summed E-state index contributed by atoms with van der Waals surface area (Å²) in [6.07, 6.45) is 0. The van der Waals surface area contributed by atoms with Crippen LogP contribution in [0, 0.1) is 0 Å². The largest absolute Gasteiger partial charge is 0.493 e. The second-order valence-electron chi connectivity index (χ2n) is 5.89. The van der Waals surface area contributed by atoms with Gasteiger partial charge in [0.05, 0.1) is 17.9 Å². The molecule has 4 nitrogen and oxygen atoms in total. The van der Waals surface area contributed by atoms with Crippen LogP contribution in [0.1, 0.15) is 33.4 Å². The molecular weight excluding hydrogens is 262 g/mol. The van der Waals surface area contributed by atoms with Crippen LogP contribution in [-0.4, -0.2) is 23.6 Å². The molecule has 2 rings (SSSR count). The van der Waals surface area contributed by atoms with Crippen LogP contribution in [-0.2, 0) is 5.41 Å². The number of hydrogen-bond acceptors (Lipinski definition) is 4. The minimum atomic E-state index is -0.0379. The first kappa shape index (κ1) is 15.3. The van der Waals surface area contributed by atoms with Gasteiger partial charge in [0.1, 0.15) is 11.6 Å². The molecule has 0 unspecified atom stereocenters. The Hall–Kier alpha value is -2.10. The van der Waals surface area contributed by atoms with Gasteiger partial charge in [0, 0.05) is 18.5 Å².